The molecule has 1 aliphatic rings. The number of carbonyl (C=O) groups excluding carboxylic acids is 1. The molecule has 1 fully saturated rings. The summed E-state index contributed by atoms with van der Waals surface area (Å²) in [6, 6.07) is 9.47. The lowest BCUT2D eigenvalue weighted by Gasteiger charge is -2.29. The van der Waals surface area contributed by atoms with E-state index in [-0.39, 0.29) is 24.7 Å². The SMILES string of the molecule is CN(C)S(=O)(=O)C[C@@H]1CN(C(=O)C(C)(C)c2ccccc2)C[C@H]1O. The predicted molar refractivity (Wildman–Crippen MR) is 93.0 cm³/mol. The van der Waals surface area contributed by atoms with Crippen molar-refractivity contribution in [2.45, 2.75) is 25.4 Å². The van der Waals surface area contributed by atoms with Gasteiger partial charge in [0.15, 0.2) is 0 Å². The average molecular weight is 354 g/mol. The van der Waals surface area contributed by atoms with Crippen molar-refractivity contribution in [2.75, 3.05) is 32.9 Å². The largest absolute Gasteiger partial charge is 0.391 e. The number of aliphatic hydroxyl groups is 1. The molecular formula is C17H26N2O4S. The summed E-state index contributed by atoms with van der Waals surface area (Å²) in [5.41, 5.74) is 0.171. The van der Waals surface area contributed by atoms with Gasteiger partial charge in [0.2, 0.25) is 15.9 Å². The van der Waals surface area contributed by atoms with Crippen LogP contribution in [0.1, 0.15) is 19.4 Å². The second-order valence-corrected chi connectivity index (χ2v) is 9.32. The molecule has 0 aromatic heterocycles. The summed E-state index contributed by atoms with van der Waals surface area (Å²) >= 11 is 0. The highest BCUT2D eigenvalue weighted by atomic mass is 32.2. The van der Waals surface area contributed by atoms with Crippen LogP contribution < -0.4 is 0 Å². The Labute approximate surface area is 144 Å². The molecule has 2 atom stereocenters. The van der Waals surface area contributed by atoms with Crippen LogP contribution in [0.2, 0.25) is 0 Å². The maximum absolute atomic E-state index is 12.9. The first-order valence-corrected chi connectivity index (χ1v) is 9.60. The Morgan fingerprint density at radius 1 is 1.25 bits per heavy atom. The van der Waals surface area contributed by atoms with E-state index in [0.29, 0.717) is 0 Å². The predicted octanol–water partition coefficient (Wildman–Crippen LogP) is 0.675. The summed E-state index contributed by atoms with van der Waals surface area (Å²) < 4.78 is 25.2. The molecular weight excluding hydrogens is 328 g/mol. The Morgan fingerprint density at radius 3 is 2.38 bits per heavy atom. The fraction of sp³-hybridized carbons (Fsp3) is 0.588. The highest BCUT2D eigenvalue weighted by Gasteiger charge is 2.42. The molecule has 1 aromatic carbocycles. The van der Waals surface area contributed by atoms with Gasteiger partial charge in [0, 0.05) is 33.1 Å². The Bertz CT molecular complexity index is 686. The van der Waals surface area contributed by atoms with Crippen LogP contribution in [-0.4, -0.2) is 67.7 Å². The van der Waals surface area contributed by atoms with Gasteiger partial charge < -0.3 is 10.0 Å². The number of rotatable bonds is 5. The zero-order chi connectivity index (χ0) is 18.1. The van der Waals surface area contributed by atoms with Gasteiger partial charge in [-0.05, 0) is 19.4 Å². The number of β-amino-alcohol motifs (C(OH)–C–C–N with tert-alkyl or cyclic N) is 1. The van der Waals surface area contributed by atoms with Crippen LogP contribution in [0.4, 0.5) is 0 Å². The van der Waals surface area contributed by atoms with E-state index in [4.69, 9.17) is 0 Å². The van der Waals surface area contributed by atoms with Crippen LogP contribution in [0.3, 0.4) is 0 Å². The number of benzene rings is 1. The number of nitrogens with zero attached hydrogens (tertiary/aromatic N) is 2. The van der Waals surface area contributed by atoms with Crippen molar-refractivity contribution in [2.24, 2.45) is 5.92 Å². The molecule has 0 aliphatic carbocycles. The van der Waals surface area contributed by atoms with E-state index in [1.54, 1.807) is 4.90 Å². The second kappa shape index (κ2) is 6.82. The minimum Gasteiger partial charge on any atom is -0.391 e. The first-order valence-electron chi connectivity index (χ1n) is 7.99. The van der Waals surface area contributed by atoms with Crippen molar-refractivity contribution in [3.8, 4) is 0 Å². The first kappa shape index (κ1) is 18.9. The highest BCUT2D eigenvalue weighted by Crippen LogP contribution is 2.29. The van der Waals surface area contributed by atoms with Gasteiger partial charge in [0.05, 0.1) is 17.3 Å². The van der Waals surface area contributed by atoms with Gasteiger partial charge in [-0.2, -0.15) is 0 Å². The molecule has 1 aromatic rings. The summed E-state index contributed by atoms with van der Waals surface area (Å²) in [7, 11) is -0.475. The number of sulfonamides is 1. The van der Waals surface area contributed by atoms with E-state index in [2.05, 4.69) is 0 Å². The lowest BCUT2D eigenvalue weighted by atomic mass is 9.83. The molecule has 7 heteroatoms. The second-order valence-electron chi connectivity index (χ2n) is 7.09. The topological polar surface area (TPSA) is 77.9 Å². The van der Waals surface area contributed by atoms with Crippen LogP contribution in [0.5, 0.6) is 0 Å². The van der Waals surface area contributed by atoms with E-state index in [1.807, 2.05) is 44.2 Å². The summed E-state index contributed by atoms with van der Waals surface area (Å²) in [4.78, 5) is 14.5. The lowest BCUT2D eigenvalue weighted by Crippen LogP contribution is -2.43. The van der Waals surface area contributed by atoms with Crippen LogP contribution >= 0.6 is 0 Å². The minimum atomic E-state index is -3.42. The van der Waals surface area contributed by atoms with Gasteiger partial charge in [-0.25, -0.2) is 12.7 Å². The average Bonchev–Trinajstić information content (AvgIpc) is 2.87. The smallest absolute Gasteiger partial charge is 0.232 e. The van der Waals surface area contributed by atoms with E-state index in [9.17, 15) is 18.3 Å². The number of aliphatic hydroxyl groups excluding tert-OH is 1. The third kappa shape index (κ3) is 3.79. The van der Waals surface area contributed by atoms with Gasteiger partial charge in [-0.15, -0.1) is 0 Å². The molecule has 0 bridgehead atoms. The molecule has 24 heavy (non-hydrogen) atoms. The van der Waals surface area contributed by atoms with Crippen molar-refractivity contribution < 1.29 is 18.3 Å². The van der Waals surface area contributed by atoms with Crippen molar-refractivity contribution in [3.63, 3.8) is 0 Å². The zero-order valence-electron chi connectivity index (χ0n) is 14.6. The molecule has 0 unspecified atom stereocenters. The monoisotopic (exact) mass is 354 g/mol. The van der Waals surface area contributed by atoms with Crippen LogP contribution in [0.25, 0.3) is 0 Å². The number of hydrogen-bond acceptors (Lipinski definition) is 4. The summed E-state index contributed by atoms with van der Waals surface area (Å²) in [5.74, 6) is -0.720. The van der Waals surface area contributed by atoms with E-state index in [0.717, 1.165) is 9.87 Å². The quantitative estimate of drug-likeness (QED) is 0.843. The van der Waals surface area contributed by atoms with E-state index < -0.39 is 27.5 Å². The van der Waals surface area contributed by atoms with E-state index in [1.165, 1.54) is 14.1 Å². The van der Waals surface area contributed by atoms with Gasteiger partial charge in [-0.1, -0.05) is 30.3 Å². The Hall–Kier alpha value is -1.44. The summed E-state index contributed by atoms with van der Waals surface area (Å²) in [5, 5.41) is 10.2. The van der Waals surface area contributed by atoms with Crippen LogP contribution in [0.15, 0.2) is 30.3 Å². The Balaban J connectivity index is 2.13. The fourth-order valence-corrected chi connectivity index (χ4v) is 4.14. The number of carbonyl (C=O) groups is 1. The molecule has 1 aliphatic heterocycles. The van der Waals surface area contributed by atoms with Crippen molar-refractivity contribution in [1.82, 2.24) is 9.21 Å². The number of amides is 1. The molecule has 2 rings (SSSR count). The third-order valence-electron chi connectivity index (χ3n) is 4.70. The molecule has 1 heterocycles. The fourth-order valence-electron chi connectivity index (χ4n) is 2.98. The molecule has 6 nitrogen and oxygen atoms in total. The summed E-state index contributed by atoms with van der Waals surface area (Å²) in [6.07, 6.45) is -0.824. The van der Waals surface area contributed by atoms with Crippen molar-refractivity contribution in [3.05, 3.63) is 35.9 Å². The minimum absolute atomic E-state index is 0.0995. The molecule has 1 N–H and O–H groups in total. The summed E-state index contributed by atoms with van der Waals surface area (Å²) in [6.45, 7) is 4.12. The van der Waals surface area contributed by atoms with Gasteiger partial charge in [0.25, 0.3) is 0 Å². The standard InChI is InChI=1S/C17H26N2O4S/c1-17(2,14-8-6-5-7-9-14)16(21)19-10-13(15(20)11-19)12-24(22,23)18(3)4/h5-9,13,15,20H,10-12H2,1-4H3/t13-,15+/m0/s1. The maximum atomic E-state index is 12.9. The third-order valence-corrected chi connectivity index (χ3v) is 6.67. The van der Waals surface area contributed by atoms with Gasteiger partial charge >= 0.3 is 0 Å². The molecule has 0 radical (unpaired) electrons. The molecule has 134 valence electrons. The molecule has 1 saturated heterocycles. The first-order chi connectivity index (χ1) is 11.1. The van der Waals surface area contributed by atoms with Crippen molar-refractivity contribution in [1.29, 1.82) is 0 Å². The Kier molecular flexibility index (Phi) is 5.37. The molecule has 0 spiro atoms. The normalized spacial score (nSPS) is 22.2. The van der Waals surface area contributed by atoms with E-state index >= 15 is 0 Å². The lowest BCUT2D eigenvalue weighted by molar-refractivity contribution is -0.135. The molecule has 0 saturated carbocycles. The van der Waals surface area contributed by atoms with Gasteiger partial charge in [0.1, 0.15) is 0 Å². The maximum Gasteiger partial charge on any atom is 0.232 e. The van der Waals surface area contributed by atoms with Crippen LogP contribution in [-0.2, 0) is 20.2 Å². The number of likely N-dealkylation sites (tertiary alicyclic amines) is 1. The Morgan fingerprint density at radius 2 is 1.83 bits per heavy atom. The zero-order valence-corrected chi connectivity index (χ0v) is 15.5. The molecule has 1 amide bonds. The van der Waals surface area contributed by atoms with Crippen molar-refractivity contribution >= 4 is 15.9 Å². The van der Waals surface area contributed by atoms with Crippen LogP contribution in [0, 0.1) is 5.92 Å². The highest BCUT2D eigenvalue weighted by molar-refractivity contribution is 7.89. The number of hydrogen-bond donors (Lipinski definition) is 1. The van der Waals surface area contributed by atoms with Gasteiger partial charge in [-0.3, -0.25) is 4.79 Å².